The molecule has 0 unspecified atom stereocenters. The predicted molar refractivity (Wildman–Crippen MR) is 103 cm³/mol. The van der Waals surface area contributed by atoms with Gasteiger partial charge >= 0.3 is 0 Å². The summed E-state index contributed by atoms with van der Waals surface area (Å²) in [7, 11) is 0. The van der Waals surface area contributed by atoms with E-state index in [0.29, 0.717) is 11.3 Å². The number of hydrogen-bond donors (Lipinski definition) is 0. The van der Waals surface area contributed by atoms with E-state index in [1.54, 1.807) is 24.3 Å². The third-order valence-corrected chi connectivity index (χ3v) is 6.08. The lowest BCUT2D eigenvalue weighted by atomic mass is 9.89. The molecular weight excluding hydrogens is 352 g/mol. The molecular formula is C22H20N4O2. The number of benzene rings is 2. The highest BCUT2D eigenvalue weighted by Gasteiger charge is 2.62. The zero-order valence-corrected chi connectivity index (χ0v) is 15.6. The second kappa shape index (κ2) is 6.26. The van der Waals surface area contributed by atoms with Gasteiger partial charge in [-0.3, -0.25) is 9.59 Å². The van der Waals surface area contributed by atoms with Crippen molar-refractivity contribution in [3.05, 3.63) is 65.2 Å². The van der Waals surface area contributed by atoms with Gasteiger partial charge < -0.3 is 0 Å². The molecule has 0 radical (unpaired) electrons. The van der Waals surface area contributed by atoms with Gasteiger partial charge in [-0.1, -0.05) is 29.8 Å². The van der Waals surface area contributed by atoms with Crippen molar-refractivity contribution >= 4 is 17.5 Å². The van der Waals surface area contributed by atoms with Crippen molar-refractivity contribution in [1.29, 1.82) is 5.26 Å². The van der Waals surface area contributed by atoms with Crippen molar-refractivity contribution < 1.29 is 9.59 Å². The molecule has 0 N–H and O–H groups in total. The first-order chi connectivity index (χ1) is 13.6. The van der Waals surface area contributed by atoms with Gasteiger partial charge in [0.2, 0.25) is 5.91 Å². The molecule has 6 nitrogen and oxygen atoms in total. The Morgan fingerprint density at radius 3 is 2.18 bits per heavy atom. The Balaban J connectivity index is 1.56. The first-order valence-electron chi connectivity index (χ1n) is 9.58. The van der Waals surface area contributed by atoms with E-state index >= 15 is 0 Å². The minimum Gasteiger partial charge on any atom is -0.274 e. The van der Waals surface area contributed by atoms with Crippen LogP contribution < -0.4 is 4.90 Å². The molecule has 140 valence electrons. The van der Waals surface area contributed by atoms with Crippen molar-refractivity contribution in [3.63, 3.8) is 0 Å². The van der Waals surface area contributed by atoms with Crippen LogP contribution in [0.1, 0.15) is 29.2 Å². The van der Waals surface area contributed by atoms with E-state index in [1.807, 2.05) is 6.92 Å². The van der Waals surface area contributed by atoms with Crippen LogP contribution in [0.25, 0.3) is 0 Å². The van der Waals surface area contributed by atoms with Gasteiger partial charge in [0, 0.05) is 13.1 Å². The minimum atomic E-state index is -0.447. The number of nitrogens with zero attached hydrogens (tertiary/aromatic N) is 4. The summed E-state index contributed by atoms with van der Waals surface area (Å²) in [6, 6.07) is 16.4. The Bertz CT molecular complexity index is 993. The molecule has 3 aliphatic rings. The number of carbonyl (C=O) groups is 2. The second-order valence-corrected chi connectivity index (χ2v) is 7.68. The second-order valence-electron chi connectivity index (χ2n) is 7.68. The number of hydrazine groups is 1. The zero-order valence-electron chi connectivity index (χ0n) is 15.6. The predicted octanol–water partition coefficient (Wildman–Crippen LogP) is 2.40. The Morgan fingerprint density at radius 1 is 0.893 bits per heavy atom. The summed E-state index contributed by atoms with van der Waals surface area (Å²) in [4.78, 5) is 28.0. The molecule has 3 aliphatic heterocycles. The van der Waals surface area contributed by atoms with Crippen LogP contribution in [0.3, 0.4) is 0 Å². The van der Waals surface area contributed by atoms with Crippen LogP contribution >= 0.6 is 0 Å². The molecule has 2 aromatic rings. The van der Waals surface area contributed by atoms with Gasteiger partial charge in [0.25, 0.3) is 5.91 Å². The Labute approximate surface area is 163 Å². The maximum atomic E-state index is 13.4. The summed E-state index contributed by atoms with van der Waals surface area (Å²) in [6.07, 6.45) is 0.990. The normalized spacial score (nSPS) is 27.1. The average molecular weight is 372 g/mol. The summed E-state index contributed by atoms with van der Waals surface area (Å²) in [5.74, 6) is -0.730. The highest BCUT2D eigenvalue weighted by Crippen LogP contribution is 2.48. The topological polar surface area (TPSA) is 67.6 Å². The highest BCUT2D eigenvalue weighted by molar-refractivity contribution is 6.24. The molecule has 28 heavy (non-hydrogen) atoms. The lowest BCUT2D eigenvalue weighted by molar-refractivity contribution is -0.126. The van der Waals surface area contributed by atoms with E-state index in [0.717, 1.165) is 25.1 Å². The number of rotatable bonds is 2. The quantitative estimate of drug-likeness (QED) is 0.758. The number of carbonyl (C=O) groups excluding carboxylic acids is 2. The molecule has 5 rings (SSSR count). The number of aryl methyl sites for hydroxylation is 1. The maximum Gasteiger partial charge on any atom is 0.253 e. The van der Waals surface area contributed by atoms with Gasteiger partial charge in [-0.15, -0.1) is 0 Å². The number of imide groups is 1. The number of fused-ring (bicyclic) bond motifs is 3. The van der Waals surface area contributed by atoms with Gasteiger partial charge in [0.1, 0.15) is 6.04 Å². The van der Waals surface area contributed by atoms with Crippen molar-refractivity contribution in [2.45, 2.75) is 25.4 Å². The Kier molecular flexibility index (Phi) is 3.83. The van der Waals surface area contributed by atoms with E-state index in [4.69, 9.17) is 5.26 Å². The first-order valence-corrected chi connectivity index (χ1v) is 9.58. The molecule has 0 aliphatic carbocycles. The smallest absolute Gasteiger partial charge is 0.253 e. The van der Waals surface area contributed by atoms with Crippen molar-refractivity contribution in [2.75, 3.05) is 18.0 Å². The first kappa shape index (κ1) is 17.1. The summed E-state index contributed by atoms with van der Waals surface area (Å²) >= 11 is 0. The number of hydrogen-bond acceptors (Lipinski definition) is 5. The molecule has 0 aromatic heterocycles. The summed E-state index contributed by atoms with van der Waals surface area (Å²) < 4.78 is 0. The van der Waals surface area contributed by atoms with Gasteiger partial charge in [0.15, 0.2) is 0 Å². The van der Waals surface area contributed by atoms with Crippen molar-refractivity contribution in [2.24, 2.45) is 5.92 Å². The number of nitriles is 1. The summed E-state index contributed by atoms with van der Waals surface area (Å²) in [6.45, 7) is 3.70. The molecule has 2 amide bonds. The van der Waals surface area contributed by atoms with Crippen molar-refractivity contribution in [1.82, 2.24) is 10.0 Å². The monoisotopic (exact) mass is 372 g/mol. The average Bonchev–Trinajstić information content (AvgIpc) is 3.35. The Morgan fingerprint density at radius 2 is 1.54 bits per heavy atom. The van der Waals surface area contributed by atoms with E-state index in [-0.39, 0.29) is 17.9 Å². The van der Waals surface area contributed by atoms with E-state index in [1.165, 1.54) is 10.5 Å². The van der Waals surface area contributed by atoms with Crippen LogP contribution in [0.15, 0.2) is 48.5 Å². The van der Waals surface area contributed by atoms with Gasteiger partial charge in [-0.05, 0) is 43.2 Å². The SMILES string of the molecule is Cc1ccc([C@@H]2[C@@H]3C(=O)N(c4ccc(C#N)cc4)C(=O)[C@H]3N3CCCN23)cc1. The third-order valence-electron chi connectivity index (χ3n) is 6.08. The van der Waals surface area contributed by atoms with E-state index < -0.39 is 12.0 Å². The lowest BCUT2D eigenvalue weighted by Crippen LogP contribution is -2.44. The van der Waals surface area contributed by atoms with Crippen LogP contribution in [-0.2, 0) is 9.59 Å². The molecule has 3 fully saturated rings. The minimum absolute atomic E-state index is 0.118. The Hall–Kier alpha value is -3.01. The van der Waals surface area contributed by atoms with E-state index in [9.17, 15) is 9.59 Å². The van der Waals surface area contributed by atoms with Crippen molar-refractivity contribution in [3.8, 4) is 6.07 Å². The van der Waals surface area contributed by atoms with Gasteiger partial charge in [0.05, 0.1) is 29.3 Å². The van der Waals surface area contributed by atoms with Crippen LogP contribution in [0.2, 0.25) is 0 Å². The maximum absolute atomic E-state index is 13.4. The summed E-state index contributed by atoms with van der Waals surface area (Å²) in [5.41, 5.74) is 3.29. The molecule has 0 spiro atoms. The molecule has 3 heterocycles. The highest BCUT2D eigenvalue weighted by atomic mass is 16.2. The lowest BCUT2D eigenvalue weighted by Gasteiger charge is -2.29. The fraction of sp³-hybridized carbons (Fsp3) is 0.318. The fourth-order valence-corrected chi connectivity index (χ4v) is 4.82. The largest absolute Gasteiger partial charge is 0.274 e. The fourth-order valence-electron chi connectivity index (χ4n) is 4.82. The van der Waals surface area contributed by atoms with Crippen LogP contribution in [-0.4, -0.2) is 41.0 Å². The molecule has 2 aromatic carbocycles. The molecule has 3 atom stereocenters. The van der Waals surface area contributed by atoms with Gasteiger partial charge in [-0.25, -0.2) is 14.9 Å². The van der Waals surface area contributed by atoms with Crippen LogP contribution in [0.5, 0.6) is 0 Å². The zero-order chi connectivity index (χ0) is 19.4. The third kappa shape index (κ3) is 2.34. The molecule has 6 heteroatoms. The number of amides is 2. The summed E-state index contributed by atoms with van der Waals surface area (Å²) in [5, 5.41) is 13.3. The number of anilines is 1. The molecule has 0 saturated carbocycles. The van der Waals surface area contributed by atoms with E-state index in [2.05, 4.69) is 40.4 Å². The van der Waals surface area contributed by atoms with Crippen LogP contribution in [0.4, 0.5) is 5.69 Å². The molecule has 0 bridgehead atoms. The standard InChI is InChI=1S/C22H20N4O2/c1-14-3-7-16(8-4-14)19-18-20(25-12-2-11-24(19)25)22(28)26(21(18)27)17-9-5-15(13-23)6-10-17/h3-10,18-20H,2,11-12H2,1H3/t18-,19+,20-/m0/s1. The van der Waals surface area contributed by atoms with Gasteiger partial charge in [-0.2, -0.15) is 5.26 Å². The van der Waals surface area contributed by atoms with Crippen LogP contribution in [0, 0.1) is 24.2 Å². The molecule has 3 saturated heterocycles.